The van der Waals surface area contributed by atoms with E-state index in [2.05, 4.69) is 16.7 Å². The summed E-state index contributed by atoms with van der Waals surface area (Å²) < 4.78 is 6.36. The molecule has 0 unspecified atom stereocenters. The smallest absolute Gasteiger partial charge is 0.336 e. The molecule has 0 saturated carbocycles. The van der Waals surface area contributed by atoms with Crippen molar-refractivity contribution in [3.63, 3.8) is 0 Å². The van der Waals surface area contributed by atoms with E-state index < -0.39 is 10.9 Å². The molecule has 0 N–H and O–H groups in total. The van der Waals surface area contributed by atoms with Crippen LogP contribution in [0.1, 0.15) is 12.5 Å². The van der Waals surface area contributed by atoms with Crippen LogP contribution in [-0.2, 0) is 4.79 Å². The van der Waals surface area contributed by atoms with Crippen molar-refractivity contribution in [2.24, 2.45) is 0 Å². The van der Waals surface area contributed by atoms with Crippen LogP contribution in [0.15, 0.2) is 48.5 Å². The van der Waals surface area contributed by atoms with Crippen molar-refractivity contribution in [3.05, 3.63) is 64.2 Å². The summed E-state index contributed by atoms with van der Waals surface area (Å²) in [4.78, 5) is 32.0. The molecule has 0 radical (unpaired) electrons. The number of fused-ring (bicyclic) bond motifs is 1. The Bertz CT molecular complexity index is 1140. The Balaban J connectivity index is 1.42. The van der Waals surface area contributed by atoms with Gasteiger partial charge in [0.05, 0.1) is 15.1 Å². The van der Waals surface area contributed by atoms with Crippen molar-refractivity contribution < 1.29 is 14.5 Å². The summed E-state index contributed by atoms with van der Waals surface area (Å²) in [5.41, 5.74) is 1.40. The van der Waals surface area contributed by atoms with Gasteiger partial charge in [-0.2, -0.15) is 0 Å². The van der Waals surface area contributed by atoms with E-state index in [1.807, 2.05) is 12.1 Å². The minimum absolute atomic E-state index is 0.0296. The summed E-state index contributed by atoms with van der Waals surface area (Å²) in [5.74, 6) is -0.113. The van der Waals surface area contributed by atoms with Gasteiger partial charge in [-0.05, 0) is 30.3 Å². The van der Waals surface area contributed by atoms with Crippen LogP contribution < -0.4 is 9.64 Å². The number of likely N-dealkylation sites (N-methyl/N-ethyl adjacent to an activating group) is 1. The topological polar surface area (TPSA) is 88.8 Å². The quantitative estimate of drug-likeness (QED) is 0.189. The number of thiazole rings is 1. The summed E-state index contributed by atoms with van der Waals surface area (Å²) in [7, 11) is 0. The highest BCUT2D eigenvalue weighted by atomic mass is 32.1. The Hall–Kier alpha value is -3.30. The average molecular weight is 439 g/mol. The van der Waals surface area contributed by atoms with E-state index in [4.69, 9.17) is 9.72 Å². The Morgan fingerprint density at radius 2 is 2.03 bits per heavy atom. The maximum atomic E-state index is 12.2. The average Bonchev–Trinajstić information content (AvgIpc) is 3.21. The third-order valence-electron chi connectivity index (χ3n) is 5.15. The van der Waals surface area contributed by atoms with Crippen LogP contribution in [0.2, 0.25) is 0 Å². The molecule has 1 fully saturated rings. The summed E-state index contributed by atoms with van der Waals surface area (Å²) in [6.07, 6.45) is 2.75. The molecule has 160 valence electrons. The lowest BCUT2D eigenvalue weighted by Crippen LogP contribution is -2.46. The molecule has 2 heterocycles. The lowest BCUT2D eigenvalue weighted by Gasteiger charge is -2.33. The zero-order chi connectivity index (χ0) is 21.8. The summed E-state index contributed by atoms with van der Waals surface area (Å²) in [6, 6.07) is 11.4. The van der Waals surface area contributed by atoms with E-state index in [1.165, 1.54) is 24.3 Å². The van der Waals surface area contributed by atoms with Gasteiger partial charge in [0.1, 0.15) is 5.75 Å². The van der Waals surface area contributed by atoms with Gasteiger partial charge in [-0.15, -0.1) is 0 Å². The van der Waals surface area contributed by atoms with Gasteiger partial charge in [-0.3, -0.25) is 10.1 Å². The van der Waals surface area contributed by atoms with E-state index in [1.54, 1.807) is 29.5 Å². The molecule has 0 bridgehead atoms. The molecule has 8 nitrogen and oxygen atoms in total. The van der Waals surface area contributed by atoms with Crippen molar-refractivity contribution in [3.8, 4) is 5.75 Å². The summed E-state index contributed by atoms with van der Waals surface area (Å²) in [5, 5.41) is 11.8. The normalized spacial score (nSPS) is 14.9. The highest BCUT2D eigenvalue weighted by Gasteiger charge is 2.19. The van der Waals surface area contributed by atoms with Gasteiger partial charge in [-0.1, -0.05) is 30.4 Å². The number of nitrogens with zero attached hydrogens (tertiary/aromatic N) is 4. The van der Waals surface area contributed by atoms with Crippen molar-refractivity contribution in [1.82, 2.24) is 9.88 Å². The Labute approximate surface area is 183 Å². The second kappa shape index (κ2) is 9.23. The predicted octanol–water partition coefficient (Wildman–Crippen LogP) is 3.97. The van der Waals surface area contributed by atoms with Crippen LogP contribution in [0, 0.1) is 10.1 Å². The van der Waals surface area contributed by atoms with Crippen LogP contribution in [0.3, 0.4) is 0 Å². The van der Waals surface area contributed by atoms with Gasteiger partial charge in [-0.25, -0.2) is 9.78 Å². The molecule has 0 atom stereocenters. The lowest BCUT2D eigenvalue weighted by atomic mass is 10.2. The number of carbonyl (C=O) groups excluding carboxylic acids is 1. The number of aromatic nitrogens is 1. The molecule has 1 aliphatic rings. The summed E-state index contributed by atoms with van der Waals surface area (Å²) in [6.45, 7) is 7.22. The van der Waals surface area contributed by atoms with Gasteiger partial charge < -0.3 is 14.5 Å². The van der Waals surface area contributed by atoms with Gasteiger partial charge in [0.15, 0.2) is 5.13 Å². The van der Waals surface area contributed by atoms with E-state index >= 15 is 0 Å². The number of nitro groups is 1. The molecule has 0 spiro atoms. The van der Waals surface area contributed by atoms with Crippen LogP contribution in [0.4, 0.5) is 10.8 Å². The first-order valence-electron chi connectivity index (χ1n) is 10.0. The molecule has 2 aromatic carbocycles. The largest absolute Gasteiger partial charge is 0.423 e. The first-order chi connectivity index (χ1) is 15.0. The van der Waals surface area contributed by atoms with Gasteiger partial charge >= 0.3 is 5.97 Å². The third-order valence-corrected chi connectivity index (χ3v) is 6.23. The van der Waals surface area contributed by atoms with Gasteiger partial charge in [0.2, 0.25) is 0 Å². The molecule has 0 amide bonds. The first kappa shape index (κ1) is 21.0. The number of anilines is 1. The minimum atomic E-state index is -0.550. The zero-order valence-electron chi connectivity index (χ0n) is 17.1. The maximum Gasteiger partial charge on any atom is 0.336 e. The molecule has 4 rings (SSSR count). The number of nitro benzene ring substituents is 1. The van der Waals surface area contributed by atoms with Gasteiger partial charge in [0, 0.05) is 50.5 Å². The molecular weight excluding hydrogens is 416 g/mol. The lowest BCUT2D eigenvalue weighted by molar-refractivity contribution is -0.384. The van der Waals surface area contributed by atoms with Crippen molar-refractivity contribution >= 4 is 44.4 Å². The Morgan fingerprint density at radius 1 is 1.23 bits per heavy atom. The van der Waals surface area contributed by atoms with Crippen LogP contribution in [-0.4, -0.2) is 53.5 Å². The molecule has 9 heteroatoms. The zero-order valence-corrected chi connectivity index (χ0v) is 17.9. The maximum absolute atomic E-state index is 12.2. The van der Waals surface area contributed by atoms with E-state index in [-0.39, 0.29) is 5.69 Å². The first-order valence-corrected chi connectivity index (χ1v) is 10.9. The SMILES string of the molecule is CCN1CCN(c2nc3ccc(OC(=O)C=Cc4cccc([N+](=O)[O-])c4)cc3s2)CC1. The van der Waals surface area contributed by atoms with E-state index in [0.29, 0.717) is 11.3 Å². The Morgan fingerprint density at radius 3 is 2.77 bits per heavy atom. The highest BCUT2D eigenvalue weighted by Crippen LogP contribution is 2.32. The molecule has 31 heavy (non-hydrogen) atoms. The van der Waals surface area contributed by atoms with Crippen LogP contribution >= 0.6 is 11.3 Å². The molecule has 3 aromatic rings. The minimum Gasteiger partial charge on any atom is -0.423 e. The molecule has 1 aromatic heterocycles. The predicted molar refractivity (Wildman–Crippen MR) is 122 cm³/mol. The fourth-order valence-corrected chi connectivity index (χ4v) is 4.45. The standard InChI is InChI=1S/C22H22N4O4S/c1-2-24-10-12-25(13-11-24)22-23-19-8-7-18(15-20(19)31-22)30-21(27)9-6-16-4-3-5-17(14-16)26(28)29/h3-9,14-15H,2,10-13H2,1H3. The van der Waals surface area contributed by atoms with Crippen molar-refractivity contribution in [2.45, 2.75) is 6.92 Å². The number of ether oxygens (including phenoxy) is 1. The fourth-order valence-electron chi connectivity index (χ4n) is 3.40. The van der Waals surface area contributed by atoms with Crippen molar-refractivity contribution in [2.75, 3.05) is 37.6 Å². The van der Waals surface area contributed by atoms with Gasteiger partial charge in [0.25, 0.3) is 5.69 Å². The number of carbonyl (C=O) groups is 1. The number of hydrogen-bond donors (Lipinski definition) is 0. The van der Waals surface area contributed by atoms with E-state index in [9.17, 15) is 14.9 Å². The second-order valence-electron chi connectivity index (χ2n) is 7.15. The number of piperazine rings is 1. The van der Waals surface area contributed by atoms with E-state index in [0.717, 1.165) is 48.1 Å². The number of rotatable bonds is 6. The van der Waals surface area contributed by atoms with Crippen molar-refractivity contribution in [1.29, 1.82) is 0 Å². The number of hydrogen-bond acceptors (Lipinski definition) is 8. The fraction of sp³-hybridized carbons (Fsp3) is 0.273. The van der Waals surface area contributed by atoms with Crippen LogP contribution in [0.5, 0.6) is 5.75 Å². The molecule has 0 aliphatic carbocycles. The Kier molecular flexibility index (Phi) is 6.24. The highest BCUT2D eigenvalue weighted by molar-refractivity contribution is 7.22. The summed E-state index contributed by atoms with van der Waals surface area (Å²) >= 11 is 1.59. The molecule has 1 saturated heterocycles. The molecule has 1 aliphatic heterocycles. The van der Waals surface area contributed by atoms with Crippen LogP contribution in [0.25, 0.3) is 16.3 Å². The number of benzene rings is 2. The third kappa shape index (κ3) is 5.07. The number of esters is 1. The number of non-ortho nitro benzene ring substituents is 1. The second-order valence-corrected chi connectivity index (χ2v) is 8.16. The monoisotopic (exact) mass is 438 g/mol. The molecular formula is C22H22N4O4S.